The Kier molecular flexibility index (Phi) is 5.46. The molecule has 1 heterocycles. The summed E-state index contributed by atoms with van der Waals surface area (Å²) in [6.45, 7) is 2.13. The van der Waals surface area contributed by atoms with Crippen molar-refractivity contribution in [2.75, 3.05) is 12.4 Å². The van der Waals surface area contributed by atoms with Crippen molar-refractivity contribution in [2.24, 2.45) is 0 Å². The Hall–Kier alpha value is -2.66. The first-order valence-electron chi connectivity index (χ1n) is 8.15. The summed E-state index contributed by atoms with van der Waals surface area (Å²) in [7, 11) is 1.62. The van der Waals surface area contributed by atoms with Crippen LogP contribution in [0.5, 0.6) is 5.75 Å². The zero-order valence-electron chi connectivity index (χ0n) is 14.3. The van der Waals surface area contributed by atoms with Crippen LogP contribution < -0.4 is 10.1 Å². The summed E-state index contributed by atoms with van der Waals surface area (Å²) in [6.07, 6.45) is 1.33. The summed E-state index contributed by atoms with van der Waals surface area (Å²) in [4.78, 5) is 16.7. The monoisotopic (exact) mass is 352 g/mol. The number of aryl methyl sites for hydroxylation is 1. The van der Waals surface area contributed by atoms with Crippen molar-refractivity contribution in [1.82, 2.24) is 4.98 Å². The lowest BCUT2D eigenvalue weighted by Crippen LogP contribution is -2.14. The third-order valence-corrected chi connectivity index (χ3v) is 4.69. The van der Waals surface area contributed by atoms with Gasteiger partial charge in [0.1, 0.15) is 5.75 Å². The van der Waals surface area contributed by atoms with Gasteiger partial charge in [0.15, 0.2) is 5.13 Å². The van der Waals surface area contributed by atoms with E-state index in [0.717, 1.165) is 29.0 Å². The number of methoxy groups -OCH3 is 1. The molecule has 0 bridgehead atoms. The van der Waals surface area contributed by atoms with E-state index in [2.05, 4.69) is 41.5 Å². The second-order valence-corrected chi connectivity index (χ2v) is 6.52. The van der Waals surface area contributed by atoms with Crippen LogP contribution in [-0.4, -0.2) is 18.0 Å². The number of aromatic nitrogens is 1. The number of thiazole rings is 1. The highest BCUT2D eigenvalue weighted by atomic mass is 32.1. The third kappa shape index (κ3) is 4.45. The number of ether oxygens (including phenoxy) is 1. The molecule has 3 rings (SSSR count). The highest BCUT2D eigenvalue weighted by molar-refractivity contribution is 7.14. The lowest BCUT2D eigenvalue weighted by molar-refractivity contribution is -0.115. The van der Waals surface area contributed by atoms with Gasteiger partial charge in [0.2, 0.25) is 5.91 Å². The molecule has 0 aliphatic carbocycles. The normalized spacial score (nSPS) is 10.5. The minimum Gasteiger partial charge on any atom is -0.497 e. The molecule has 1 aromatic heterocycles. The molecule has 0 atom stereocenters. The Balaban J connectivity index is 1.62. The predicted octanol–water partition coefficient (Wildman–Crippen LogP) is 4.56. The molecule has 2 aromatic carbocycles. The molecule has 1 amide bonds. The fraction of sp³-hybridized carbons (Fsp3) is 0.200. The van der Waals surface area contributed by atoms with Crippen LogP contribution in [-0.2, 0) is 17.6 Å². The van der Waals surface area contributed by atoms with E-state index >= 15 is 0 Å². The fourth-order valence-corrected chi connectivity index (χ4v) is 3.20. The molecule has 5 heteroatoms. The summed E-state index contributed by atoms with van der Waals surface area (Å²) in [6, 6.07) is 15.8. The van der Waals surface area contributed by atoms with E-state index in [9.17, 15) is 4.79 Å². The van der Waals surface area contributed by atoms with Crippen LogP contribution in [0.1, 0.15) is 18.1 Å². The van der Waals surface area contributed by atoms with E-state index in [-0.39, 0.29) is 5.91 Å². The number of nitrogens with zero attached hydrogens (tertiary/aromatic N) is 1. The van der Waals surface area contributed by atoms with Gasteiger partial charge in [-0.05, 0) is 29.7 Å². The van der Waals surface area contributed by atoms with Crippen LogP contribution in [0.3, 0.4) is 0 Å². The number of nitrogens with one attached hydrogen (secondary N) is 1. The molecular weight excluding hydrogens is 332 g/mol. The number of rotatable bonds is 6. The van der Waals surface area contributed by atoms with Crippen molar-refractivity contribution in [3.8, 4) is 17.0 Å². The SMILES string of the molecule is CCc1ccc(-c2csc(NC(=O)Cc3ccc(OC)cc3)n2)cc1. The average Bonchev–Trinajstić information content (AvgIpc) is 3.10. The number of carbonyl (C=O) groups excluding carboxylic acids is 1. The van der Waals surface area contributed by atoms with E-state index in [4.69, 9.17) is 4.74 Å². The molecule has 1 N–H and O–H groups in total. The topological polar surface area (TPSA) is 51.2 Å². The zero-order valence-corrected chi connectivity index (χ0v) is 15.1. The van der Waals surface area contributed by atoms with Crippen molar-refractivity contribution in [1.29, 1.82) is 0 Å². The molecule has 0 radical (unpaired) electrons. The summed E-state index contributed by atoms with van der Waals surface area (Å²) in [5, 5.41) is 5.45. The van der Waals surface area contributed by atoms with E-state index in [1.165, 1.54) is 16.9 Å². The predicted molar refractivity (Wildman–Crippen MR) is 102 cm³/mol. The smallest absolute Gasteiger partial charge is 0.230 e. The lowest BCUT2D eigenvalue weighted by Gasteiger charge is -2.04. The summed E-state index contributed by atoms with van der Waals surface area (Å²) in [5.41, 5.74) is 4.17. The summed E-state index contributed by atoms with van der Waals surface area (Å²) < 4.78 is 5.12. The maximum atomic E-state index is 12.2. The van der Waals surface area contributed by atoms with E-state index in [0.29, 0.717) is 11.6 Å². The molecule has 128 valence electrons. The second-order valence-electron chi connectivity index (χ2n) is 5.66. The molecule has 25 heavy (non-hydrogen) atoms. The number of hydrogen-bond donors (Lipinski definition) is 1. The number of anilines is 1. The first-order valence-corrected chi connectivity index (χ1v) is 9.03. The van der Waals surface area contributed by atoms with Gasteiger partial charge in [-0.2, -0.15) is 0 Å². The van der Waals surface area contributed by atoms with Crippen LogP contribution >= 0.6 is 11.3 Å². The molecule has 0 saturated heterocycles. The van der Waals surface area contributed by atoms with Gasteiger partial charge in [0.05, 0.1) is 19.2 Å². The zero-order chi connectivity index (χ0) is 17.6. The van der Waals surface area contributed by atoms with Gasteiger partial charge in [0.25, 0.3) is 0 Å². The molecule has 0 aliphatic rings. The largest absolute Gasteiger partial charge is 0.497 e. The quantitative estimate of drug-likeness (QED) is 0.707. The number of hydrogen-bond acceptors (Lipinski definition) is 4. The molecule has 0 spiro atoms. The van der Waals surface area contributed by atoms with E-state index < -0.39 is 0 Å². The number of benzene rings is 2. The van der Waals surface area contributed by atoms with Crippen molar-refractivity contribution in [3.63, 3.8) is 0 Å². The second kappa shape index (κ2) is 7.94. The molecule has 0 saturated carbocycles. The lowest BCUT2D eigenvalue weighted by atomic mass is 10.1. The Morgan fingerprint density at radius 3 is 2.40 bits per heavy atom. The summed E-state index contributed by atoms with van der Waals surface area (Å²) >= 11 is 1.44. The van der Waals surface area contributed by atoms with Gasteiger partial charge < -0.3 is 10.1 Å². The Bertz CT molecular complexity index is 839. The van der Waals surface area contributed by atoms with Gasteiger partial charge >= 0.3 is 0 Å². The van der Waals surface area contributed by atoms with Gasteiger partial charge in [-0.15, -0.1) is 11.3 Å². The first kappa shape index (κ1) is 17.2. The van der Waals surface area contributed by atoms with E-state index in [1.54, 1.807) is 7.11 Å². The van der Waals surface area contributed by atoms with E-state index in [1.807, 2.05) is 29.6 Å². The molecule has 4 nitrogen and oxygen atoms in total. The van der Waals surface area contributed by atoms with Crippen molar-refractivity contribution in [2.45, 2.75) is 19.8 Å². The number of carbonyl (C=O) groups is 1. The van der Waals surface area contributed by atoms with Crippen LogP contribution in [0, 0.1) is 0 Å². The maximum Gasteiger partial charge on any atom is 0.230 e. The van der Waals surface area contributed by atoms with Crippen molar-refractivity contribution >= 4 is 22.4 Å². The van der Waals surface area contributed by atoms with Crippen LogP contribution in [0.25, 0.3) is 11.3 Å². The minimum atomic E-state index is -0.0765. The van der Waals surface area contributed by atoms with Gasteiger partial charge in [-0.3, -0.25) is 4.79 Å². The molecule has 3 aromatic rings. The van der Waals surface area contributed by atoms with Crippen molar-refractivity contribution in [3.05, 3.63) is 65.0 Å². The molecule has 0 unspecified atom stereocenters. The van der Waals surface area contributed by atoms with Crippen molar-refractivity contribution < 1.29 is 9.53 Å². The number of amides is 1. The molecular formula is C20H20N2O2S. The van der Waals surface area contributed by atoms with Crippen LogP contribution in [0.2, 0.25) is 0 Å². The van der Waals surface area contributed by atoms with Gasteiger partial charge in [0, 0.05) is 10.9 Å². The molecule has 0 aliphatic heterocycles. The minimum absolute atomic E-state index is 0.0765. The Labute approximate surface area is 151 Å². The highest BCUT2D eigenvalue weighted by Crippen LogP contribution is 2.25. The molecule has 0 fully saturated rings. The Morgan fingerprint density at radius 1 is 1.08 bits per heavy atom. The first-order chi connectivity index (χ1) is 12.2. The fourth-order valence-electron chi connectivity index (χ4n) is 2.47. The highest BCUT2D eigenvalue weighted by Gasteiger charge is 2.09. The standard InChI is InChI=1S/C20H20N2O2S/c1-3-14-4-8-16(9-5-14)18-13-25-20(21-18)22-19(23)12-15-6-10-17(24-2)11-7-15/h4-11,13H,3,12H2,1-2H3,(H,21,22,23). The summed E-state index contributed by atoms with van der Waals surface area (Å²) in [5.74, 6) is 0.704. The maximum absolute atomic E-state index is 12.2. The van der Waals surface area contributed by atoms with Gasteiger partial charge in [-0.25, -0.2) is 4.98 Å². The third-order valence-electron chi connectivity index (χ3n) is 3.93. The average molecular weight is 352 g/mol. The van der Waals surface area contributed by atoms with Crippen LogP contribution in [0.15, 0.2) is 53.9 Å². The Morgan fingerprint density at radius 2 is 1.76 bits per heavy atom. The van der Waals surface area contributed by atoms with Gasteiger partial charge in [-0.1, -0.05) is 43.3 Å². The van der Waals surface area contributed by atoms with Crippen LogP contribution in [0.4, 0.5) is 5.13 Å².